The predicted octanol–water partition coefficient (Wildman–Crippen LogP) is 3.03. The van der Waals surface area contributed by atoms with E-state index in [1.54, 1.807) is 65.9 Å². The topological polar surface area (TPSA) is 111 Å². The number of hydrogen-bond donors (Lipinski definition) is 0. The number of fused-ring (bicyclic) bond motifs is 1. The van der Waals surface area contributed by atoms with Crippen LogP contribution in [-0.2, 0) is 19.2 Å². The van der Waals surface area contributed by atoms with Crippen LogP contribution in [-0.4, -0.2) is 127 Å². The van der Waals surface area contributed by atoms with Crippen LogP contribution >= 0.6 is 0 Å². The number of para-hydroxylation sites is 1. The van der Waals surface area contributed by atoms with Gasteiger partial charge in [-0.3, -0.25) is 24.0 Å². The Hall–Kier alpha value is -3.63. The fraction of sp³-hybridized carbons (Fsp3) is 0.667. The first-order valence-electron chi connectivity index (χ1n) is 16.1. The van der Waals surface area contributed by atoms with Crippen LogP contribution in [0, 0.1) is 0 Å². The highest BCUT2D eigenvalue weighted by atomic mass is 16.5. The SMILES string of the molecule is CC(=O)N1CCCCN(C)C(=O)[C@H](CCCCN(C)C(=O)CN2CCCCCC2=O)N(C)C(=O)c2ccccc2OCCC1. The number of rotatable bonds is 7. The van der Waals surface area contributed by atoms with Crippen LogP contribution in [0.2, 0.25) is 0 Å². The van der Waals surface area contributed by atoms with Crippen LogP contribution < -0.4 is 4.74 Å². The summed E-state index contributed by atoms with van der Waals surface area (Å²) < 4.78 is 5.99. The predicted molar refractivity (Wildman–Crippen MR) is 168 cm³/mol. The zero-order valence-electron chi connectivity index (χ0n) is 27.1. The molecule has 1 aromatic rings. The maximum Gasteiger partial charge on any atom is 0.258 e. The summed E-state index contributed by atoms with van der Waals surface area (Å²) in [6.45, 7) is 4.86. The number of carbonyl (C=O) groups excluding carboxylic acids is 5. The number of carbonyl (C=O) groups is 5. The maximum absolute atomic E-state index is 13.7. The normalized spacial score (nSPS) is 19.7. The van der Waals surface area contributed by atoms with Gasteiger partial charge < -0.3 is 29.2 Å². The molecule has 1 fully saturated rings. The van der Waals surface area contributed by atoms with Gasteiger partial charge in [0.25, 0.3) is 5.91 Å². The van der Waals surface area contributed by atoms with Crippen molar-refractivity contribution in [1.82, 2.24) is 24.5 Å². The van der Waals surface area contributed by atoms with E-state index in [9.17, 15) is 24.0 Å². The van der Waals surface area contributed by atoms with Gasteiger partial charge in [-0.2, -0.15) is 0 Å². The van der Waals surface area contributed by atoms with E-state index in [2.05, 4.69) is 0 Å². The number of amides is 5. The Morgan fingerprint density at radius 2 is 1.61 bits per heavy atom. The van der Waals surface area contributed by atoms with Crippen LogP contribution in [0.15, 0.2) is 24.3 Å². The molecule has 0 aliphatic carbocycles. The van der Waals surface area contributed by atoms with Crippen LogP contribution in [0.5, 0.6) is 5.75 Å². The number of hydrogen-bond acceptors (Lipinski definition) is 6. The summed E-state index contributed by atoms with van der Waals surface area (Å²) >= 11 is 0. The summed E-state index contributed by atoms with van der Waals surface area (Å²) in [5.41, 5.74) is 0.388. The van der Waals surface area contributed by atoms with Gasteiger partial charge in [-0.25, -0.2) is 0 Å². The molecule has 1 saturated heterocycles. The fourth-order valence-corrected chi connectivity index (χ4v) is 5.77. The highest BCUT2D eigenvalue weighted by Crippen LogP contribution is 2.23. The Balaban J connectivity index is 1.67. The number of ether oxygens (including phenoxy) is 1. The van der Waals surface area contributed by atoms with E-state index in [0.29, 0.717) is 82.7 Å². The van der Waals surface area contributed by atoms with E-state index in [1.807, 2.05) is 6.07 Å². The quantitative estimate of drug-likeness (QED) is 0.438. The van der Waals surface area contributed by atoms with E-state index >= 15 is 0 Å². The smallest absolute Gasteiger partial charge is 0.258 e. The van der Waals surface area contributed by atoms with E-state index in [-0.39, 0.29) is 36.1 Å². The molecule has 0 spiro atoms. The highest BCUT2D eigenvalue weighted by molar-refractivity contribution is 5.99. The molecule has 2 heterocycles. The summed E-state index contributed by atoms with van der Waals surface area (Å²) in [6, 6.07) is 6.36. The minimum absolute atomic E-state index is 0.00981. The fourth-order valence-electron chi connectivity index (χ4n) is 5.77. The molecule has 1 atom stereocenters. The third-order valence-electron chi connectivity index (χ3n) is 8.66. The Kier molecular flexibility index (Phi) is 14.0. The Bertz CT molecular complexity index is 1140. The number of nitrogens with zero attached hydrogens (tertiary/aromatic N) is 5. The van der Waals surface area contributed by atoms with Crippen LogP contribution in [0.4, 0.5) is 0 Å². The molecule has 2 aliphatic heterocycles. The molecule has 3 rings (SSSR count). The summed E-state index contributed by atoms with van der Waals surface area (Å²) in [7, 11) is 5.17. The van der Waals surface area contributed by atoms with Crippen molar-refractivity contribution in [2.75, 3.05) is 67.0 Å². The van der Waals surface area contributed by atoms with E-state index in [0.717, 1.165) is 32.1 Å². The number of likely N-dealkylation sites (tertiary alicyclic amines) is 1. The number of benzene rings is 1. The van der Waals surface area contributed by atoms with Gasteiger partial charge in [0.2, 0.25) is 23.6 Å². The molecule has 244 valence electrons. The van der Waals surface area contributed by atoms with Crippen LogP contribution in [0.25, 0.3) is 0 Å². The van der Waals surface area contributed by atoms with Crippen molar-refractivity contribution in [3.05, 3.63) is 29.8 Å². The van der Waals surface area contributed by atoms with Crippen LogP contribution in [0.3, 0.4) is 0 Å². The van der Waals surface area contributed by atoms with E-state index in [4.69, 9.17) is 4.74 Å². The first-order chi connectivity index (χ1) is 21.1. The first-order valence-corrected chi connectivity index (χ1v) is 16.1. The van der Waals surface area contributed by atoms with Crippen molar-refractivity contribution >= 4 is 29.5 Å². The van der Waals surface area contributed by atoms with Crippen molar-refractivity contribution < 1.29 is 28.7 Å². The lowest BCUT2D eigenvalue weighted by Gasteiger charge is -2.32. The van der Waals surface area contributed by atoms with Gasteiger partial charge in [-0.15, -0.1) is 0 Å². The standard InChI is InChI=1S/C33H51N5O6/c1-26(39)37-21-13-12-20-35(3)33(43)28(36(4)32(42)27-15-7-8-17-29(27)44-24-14-23-37)16-9-11-19-34(2)31(41)25-38-22-10-5-6-18-30(38)40/h7-8,15,17,28H,5-6,9-14,16,18-25H2,1-4H3/t28-/m0/s1. The van der Waals surface area contributed by atoms with Gasteiger partial charge in [0, 0.05) is 67.2 Å². The number of likely N-dealkylation sites (N-methyl/N-ethyl adjacent to an activating group) is 3. The molecule has 1 aromatic carbocycles. The molecule has 0 aromatic heterocycles. The molecule has 11 nitrogen and oxygen atoms in total. The second kappa shape index (κ2) is 17.6. The average Bonchev–Trinajstić information content (AvgIpc) is 3.21. The molecule has 44 heavy (non-hydrogen) atoms. The second-order valence-electron chi connectivity index (χ2n) is 12.0. The lowest BCUT2D eigenvalue weighted by molar-refractivity contribution is -0.139. The lowest BCUT2D eigenvalue weighted by Crippen LogP contribution is -2.48. The van der Waals surface area contributed by atoms with Gasteiger partial charge in [0.05, 0.1) is 18.7 Å². The molecule has 0 bridgehead atoms. The molecule has 0 unspecified atom stereocenters. The highest BCUT2D eigenvalue weighted by Gasteiger charge is 2.31. The van der Waals surface area contributed by atoms with Gasteiger partial charge in [0.1, 0.15) is 11.8 Å². The summed E-state index contributed by atoms with van der Waals surface area (Å²) in [6.07, 6.45) is 7.19. The van der Waals surface area contributed by atoms with Crippen LogP contribution in [0.1, 0.15) is 81.5 Å². The zero-order chi connectivity index (χ0) is 32.1. The van der Waals surface area contributed by atoms with Crippen molar-refractivity contribution in [1.29, 1.82) is 0 Å². The first kappa shape index (κ1) is 34.9. The van der Waals surface area contributed by atoms with E-state index in [1.165, 1.54) is 4.90 Å². The van der Waals surface area contributed by atoms with Crippen molar-refractivity contribution in [2.45, 2.75) is 77.2 Å². The lowest BCUT2D eigenvalue weighted by atomic mass is 10.0. The molecule has 0 saturated carbocycles. The minimum atomic E-state index is -0.682. The molecule has 5 amide bonds. The Morgan fingerprint density at radius 1 is 0.909 bits per heavy atom. The second-order valence-corrected chi connectivity index (χ2v) is 12.0. The van der Waals surface area contributed by atoms with Gasteiger partial charge in [-0.05, 0) is 63.5 Å². The van der Waals surface area contributed by atoms with Gasteiger partial charge in [0.15, 0.2) is 0 Å². The molecule has 2 aliphatic rings. The molecule has 0 N–H and O–H groups in total. The molecule has 0 radical (unpaired) electrons. The maximum atomic E-state index is 13.7. The largest absolute Gasteiger partial charge is 0.493 e. The summed E-state index contributed by atoms with van der Waals surface area (Å²) in [5.74, 6) is -0.0159. The monoisotopic (exact) mass is 613 g/mol. The van der Waals surface area contributed by atoms with Gasteiger partial charge in [-0.1, -0.05) is 18.6 Å². The third kappa shape index (κ3) is 10.2. The van der Waals surface area contributed by atoms with Crippen molar-refractivity contribution in [2.24, 2.45) is 0 Å². The molecule has 11 heteroatoms. The number of unbranched alkanes of at least 4 members (excludes halogenated alkanes) is 1. The van der Waals surface area contributed by atoms with E-state index < -0.39 is 6.04 Å². The van der Waals surface area contributed by atoms with Crippen molar-refractivity contribution in [3.63, 3.8) is 0 Å². The summed E-state index contributed by atoms with van der Waals surface area (Å²) in [5, 5.41) is 0. The van der Waals surface area contributed by atoms with Gasteiger partial charge >= 0.3 is 0 Å². The minimum Gasteiger partial charge on any atom is -0.493 e. The summed E-state index contributed by atoms with van der Waals surface area (Å²) in [4.78, 5) is 73.1. The Labute approximate surface area is 262 Å². The Morgan fingerprint density at radius 3 is 2.39 bits per heavy atom. The zero-order valence-corrected chi connectivity index (χ0v) is 27.1. The average molecular weight is 614 g/mol. The molecular formula is C33H51N5O6. The molecular weight excluding hydrogens is 562 g/mol. The third-order valence-corrected chi connectivity index (χ3v) is 8.66. The van der Waals surface area contributed by atoms with Crippen molar-refractivity contribution in [3.8, 4) is 5.75 Å².